The van der Waals surface area contributed by atoms with E-state index < -0.39 is 34.5 Å². The number of imide groups is 1. The SMILES string of the molecule is CCOc1cc(/C=C2\SC(=O)N(CC(=O)Nc3ccc(I)cc3)C2=O)ccc1OC(=O)c1ccc([N+](=O)[O-])cc1. The van der Waals surface area contributed by atoms with Crippen LogP contribution in [-0.4, -0.2) is 46.0 Å². The van der Waals surface area contributed by atoms with Gasteiger partial charge in [0.05, 0.1) is 22.0 Å². The molecule has 13 heteroatoms. The number of nitrogens with one attached hydrogen (secondary N) is 1. The first-order valence-electron chi connectivity index (χ1n) is 11.7. The van der Waals surface area contributed by atoms with Gasteiger partial charge in [-0.2, -0.15) is 0 Å². The molecule has 0 saturated carbocycles. The van der Waals surface area contributed by atoms with Crippen molar-refractivity contribution < 1.29 is 33.6 Å². The minimum Gasteiger partial charge on any atom is -0.490 e. The first-order chi connectivity index (χ1) is 19.1. The number of anilines is 1. The van der Waals surface area contributed by atoms with Gasteiger partial charge in [-0.05, 0) is 101 Å². The van der Waals surface area contributed by atoms with Crippen LogP contribution in [0, 0.1) is 13.7 Å². The maximum Gasteiger partial charge on any atom is 0.343 e. The molecule has 1 fully saturated rings. The third-order valence-electron chi connectivity index (χ3n) is 5.39. The Kier molecular flexibility index (Phi) is 9.16. The number of nitrogens with zero attached hydrogens (tertiary/aromatic N) is 2. The molecule has 3 amide bonds. The maximum absolute atomic E-state index is 12.9. The van der Waals surface area contributed by atoms with Crippen LogP contribution in [-0.2, 0) is 9.59 Å². The second-order valence-electron chi connectivity index (χ2n) is 8.16. The van der Waals surface area contributed by atoms with Gasteiger partial charge in [-0.3, -0.25) is 29.4 Å². The number of amides is 3. The van der Waals surface area contributed by atoms with Crippen LogP contribution in [0.2, 0.25) is 0 Å². The third-order valence-corrected chi connectivity index (χ3v) is 7.01. The summed E-state index contributed by atoms with van der Waals surface area (Å²) >= 11 is 2.84. The Hall–Kier alpha value is -4.24. The van der Waals surface area contributed by atoms with Crippen molar-refractivity contribution in [2.75, 3.05) is 18.5 Å². The van der Waals surface area contributed by atoms with Crippen molar-refractivity contribution in [3.8, 4) is 11.5 Å². The van der Waals surface area contributed by atoms with E-state index in [1.54, 1.807) is 31.2 Å². The summed E-state index contributed by atoms with van der Waals surface area (Å²) in [5.41, 5.74) is 0.988. The van der Waals surface area contributed by atoms with Crippen molar-refractivity contribution in [2.24, 2.45) is 0 Å². The molecule has 11 nitrogen and oxygen atoms in total. The zero-order valence-corrected chi connectivity index (χ0v) is 23.8. The largest absolute Gasteiger partial charge is 0.490 e. The van der Waals surface area contributed by atoms with Gasteiger partial charge in [-0.25, -0.2) is 4.79 Å². The lowest BCUT2D eigenvalue weighted by Crippen LogP contribution is -2.36. The molecule has 40 heavy (non-hydrogen) atoms. The summed E-state index contributed by atoms with van der Waals surface area (Å²) in [5, 5.41) is 12.9. The van der Waals surface area contributed by atoms with E-state index in [9.17, 15) is 29.3 Å². The first-order valence-corrected chi connectivity index (χ1v) is 13.6. The number of thioether (sulfide) groups is 1. The second-order valence-corrected chi connectivity index (χ2v) is 10.4. The van der Waals surface area contributed by atoms with Crippen LogP contribution < -0.4 is 14.8 Å². The number of carbonyl (C=O) groups excluding carboxylic acids is 4. The zero-order valence-electron chi connectivity index (χ0n) is 20.8. The molecule has 3 aromatic carbocycles. The lowest BCUT2D eigenvalue weighted by Gasteiger charge is -2.13. The summed E-state index contributed by atoms with van der Waals surface area (Å²) in [7, 11) is 0. The number of non-ortho nitro benzene ring substituents is 1. The van der Waals surface area contributed by atoms with Gasteiger partial charge in [-0.1, -0.05) is 6.07 Å². The fraction of sp³-hybridized carbons (Fsp3) is 0.111. The van der Waals surface area contributed by atoms with Gasteiger partial charge in [0.15, 0.2) is 11.5 Å². The van der Waals surface area contributed by atoms with Crippen LogP contribution in [0.5, 0.6) is 11.5 Å². The highest BCUT2D eigenvalue weighted by Gasteiger charge is 2.36. The predicted molar refractivity (Wildman–Crippen MR) is 156 cm³/mol. The number of esters is 1. The summed E-state index contributed by atoms with van der Waals surface area (Å²) in [4.78, 5) is 61.6. The molecule has 0 aliphatic carbocycles. The van der Waals surface area contributed by atoms with E-state index in [1.165, 1.54) is 36.4 Å². The van der Waals surface area contributed by atoms with Crippen LogP contribution in [0.4, 0.5) is 16.2 Å². The molecule has 1 aliphatic rings. The fourth-order valence-corrected chi connectivity index (χ4v) is 4.71. The Bertz CT molecular complexity index is 1520. The molecule has 0 bridgehead atoms. The van der Waals surface area contributed by atoms with E-state index in [2.05, 4.69) is 27.9 Å². The van der Waals surface area contributed by atoms with Gasteiger partial charge in [0.1, 0.15) is 6.54 Å². The second kappa shape index (κ2) is 12.7. The van der Waals surface area contributed by atoms with E-state index in [0.29, 0.717) is 23.0 Å². The molecule has 0 unspecified atom stereocenters. The van der Waals surface area contributed by atoms with Gasteiger partial charge in [0, 0.05) is 21.4 Å². The average molecular weight is 673 g/mol. The van der Waals surface area contributed by atoms with Crippen LogP contribution in [0.25, 0.3) is 6.08 Å². The van der Waals surface area contributed by atoms with Crippen LogP contribution in [0.15, 0.2) is 71.6 Å². The van der Waals surface area contributed by atoms with Crippen molar-refractivity contribution in [2.45, 2.75) is 6.92 Å². The lowest BCUT2D eigenvalue weighted by atomic mass is 10.1. The number of nitro groups is 1. The molecule has 4 rings (SSSR count). The number of hydrogen-bond donors (Lipinski definition) is 1. The van der Waals surface area contributed by atoms with Crippen molar-refractivity contribution >= 4 is 74.8 Å². The monoisotopic (exact) mass is 673 g/mol. The highest BCUT2D eigenvalue weighted by Crippen LogP contribution is 2.35. The number of nitro benzene ring substituents is 1. The van der Waals surface area contributed by atoms with E-state index in [4.69, 9.17) is 9.47 Å². The van der Waals surface area contributed by atoms with Gasteiger partial charge >= 0.3 is 5.97 Å². The molecule has 1 aliphatic heterocycles. The molecular formula is C27H20IN3O8S. The molecule has 1 heterocycles. The summed E-state index contributed by atoms with van der Waals surface area (Å²) in [6, 6.07) is 16.6. The van der Waals surface area contributed by atoms with Gasteiger partial charge in [-0.15, -0.1) is 0 Å². The smallest absolute Gasteiger partial charge is 0.343 e. The molecule has 0 spiro atoms. The van der Waals surface area contributed by atoms with E-state index in [-0.39, 0.29) is 34.3 Å². The summed E-state index contributed by atoms with van der Waals surface area (Å²) in [6.45, 7) is 1.55. The third kappa shape index (κ3) is 7.04. The van der Waals surface area contributed by atoms with Gasteiger partial charge in [0.25, 0.3) is 16.8 Å². The standard InChI is InChI=1S/C27H20IN3O8S/c1-2-38-22-13-16(3-12-21(22)39-26(34)17-4-10-20(11-5-17)31(36)37)14-23-25(33)30(27(35)40-23)15-24(32)29-19-8-6-18(28)7-9-19/h3-14H,2,15H2,1H3,(H,29,32)/b23-14-. The predicted octanol–water partition coefficient (Wildman–Crippen LogP) is 5.49. The molecular weight excluding hydrogens is 653 g/mol. The summed E-state index contributed by atoms with van der Waals surface area (Å²) in [6.07, 6.45) is 1.48. The molecule has 1 saturated heterocycles. The quantitative estimate of drug-likeness (QED) is 0.0778. The van der Waals surface area contributed by atoms with Crippen molar-refractivity contribution in [3.05, 3.63) is 96.4 Å². The minimum atomic E-state index is -0.742. The topological polar surface area (TPSA) is 145 Å². The number of carbonyl (C=O) groups is 4. The lowest BCUT2D eigenvalue weighted by molar-refractivity contribution is -0.384. The van der Waals surface area contributed by atoms with E-state index in [1.807, 2.05) is 12.1 Å². The molecule has 0 atom stereocenters. The maximum atomic E-state index is 12.9. The Morgan fingerprint density at radius 2 is 1.75 bits per heavy atom. The zero-order chi connectivity index (χ0) is 28.8. The Morgan fingerprint density at radius 3 is 2.40 bits per heavy atom. The summed E-state index contributed by atoms with van der Waals surface area (Å²) in [5.74, 6) is -1.56. The Labute approximate surface area is 245 Å². The molecule has 0 aromatic heterocycles. The molecule has 1 N–H and O–H groups in total. The summed E-state index contributed by atoms with van der Waals surface area (Å²) < 4.78 is 12.0. The number of rotatable bonds is 9. The van der Waals surface area contributed by atoms with Crippen molar-refractivity contribution in [1.82, 2.24) is 4.90 Å². The van der Waals surface area contributed by atoms with Crippen LogP contribution in [0.3, 0.4) is 0 Å². The number of halogens is 1. The van der Waals surface area contributed by atoms with Crippen LogP contribution >= 0.6 is 34.4 Å². The average Bonchev–Trinajstić information content (AvgIpc) is 3.18. The van der Waals surface area contributed by atoms with Crippen LogP contribution in [0.1, 0.15) is 22.8 Å². The molecule has 204 valence electrons. The van der Waals surface area contributed by atoms with E-state index >= 15 is 0 Å². The van der Waals surface area contributed by atoms with Crippen molar-refractivity contribution in [3.63, 3.8) is 0 Å². The number of benzene rings is 3. The van der Waals surface area contributed by atoms with Crippen molar-refractivity contribution in [1.29, 1.82) is 0 Å². The Balaban J connectivity index is 1.46. The normalized spacial score (nSPS) is 13.8. The molecule has 3 aromatic rings. The number of ether oxygens (including phenoxy) is 2. The highest BCUT2D eigenvalue weighted by molar-refractivity contribution is 14.1. The Morgan fingerprint density at radius 1 is 1.05 bits per heavy atom. The van der Waals surface area contributed by atoms with Gasteiger partial charge < -0.3 is 14.8 Å². The van der Waals surface area contributed by atoms with E-state index in [0.717, 1.165) is 8.47 Å². The van der Waals surface area contributed by atoms with Gasteiger partial charge in [0.2, 0.25) is 5.91 Å². The molecule has 0 radical (unpaired) electrons. The number of hydrogen-bond acceptors (Lipinski definition) is 9. The minimum absolute atomic E-state index is 0.0997. The highest BCUT2D eigenvalue weighted by atomic mass is 127. The fourth-order valence-electron chi connectivity index (χ4n) is 3.51. The first kappa shape index (κ1) is 28.8.